The van der Waals surface area contributed by atoms with E-state index in [0.29, 0.717) is 28.2 Å². The van der Waals surface area contributed by atoms with E-state index >= 15 is 0 Å². The van der Waals surface area contributed by atoms with E-state index < -0.39 is 24.2 Å². The predicted molar refractivity (Wildman–Crippen MR) is 206 cm³/mol. The summed E-state index contributed by atoms with van der Waals surface area (Å²) in [5.74, 6) is 1.65. The summed E-state index contributed by atoms with van der Waals surface area (Å²) < 4.78 is 78.2. The molecule has 260 valence electrons. The summed E-state index contributed by atoms with van der Waals surface area (Å²) in [5.41, 5.74) is 4.58. The molecule has 0 aliphatic rings. The third kappa shape index (κ3) is 5.44. The Labute approximate surface area is 330 Å². The van der Waals surface area contributed by atoms with E-state index in [1.54, 1.807) is 15.2 Å². The minimum absolute atomic E-state index is 0. The number of pyridine rings is 1. The molecule has 0 saturated heterocycles. The Morgan fingerprint density at radius 1 is 0.755 bits per heavy atom. The Morgan fingerprint density at radius 3 is 2.43 bits per heavy atom. The second-order valence-electron chi connectivity index (χ2n) is 13.6. The van der Waals surface area contributed by atoms with Crippen molar-refractivity contribution in [3.8, 4) is 28.7 Å². The van der Waals surface area contributed by atoms with Crippen LogP contribution in [0.2, 0.25) is 0 Å². The molecule has 0 N–H and O–H groups in total. The van der Waals surface area contributed by atoms with Gasteiger partial charge >= 0.3 is 0 Å². The molecule has 0 aliphatic carbocycles. The van der Waals surface area contributed by atoms with Gasteiger partial charge < -0.3 is 18.3 Å². The monoisotopic (exact) mass is 874 g/mol. The molecule has 53 heavy (non-hydrogen) atoms. The van der Waals surface area contributed by atoms with Gasteiger partial charge in [-0.15, -0.1) is 29.7 Å². The molecule has 0 unspecified atom stereocenters. The third-order valence-electron chi connectivity index (χ3n) is 9.32. The fourth-order valence-electron chi connectivity index (χ4n) is 6.80. The molecule has 0 radical (unpaired) electrons. The number of hydrogen-bond donors (Lipinski definition) is 0. The van der Waals surface area contributed by atoms with E-state index in [9.17, 15) is 0 Å². The average molecular weight is 875 g/mol. The van der Waals surface area contributed by atoms with Gasteiger partial charge in [0.15, 0.2) is 0 Å². The van der Waals surface area contributed by atoms with E-state index in [1.807, 2.05) is 72.9 Å². The molecule has 4 aromatic heterocycles. The maximum Gasteiger partial charge on any atom is 0.268 e. The van der Waals surface area contributed by atoms with Gasteiger partial charge in [0.2, 0.25) is 0 Å². The fourth-order valence-corrected chi connectivity index (χ4v) is 6.80. The molecule has 0 bridgehead atoms. The number of rotatable bonds is 5. The molecule has 6 aromatic carbocycles. The Bertz CT molecular complexity index is 3410. The standard InChI is InChI=1S/C46H32N4O2.Pt/c1-46(2,3)30-24-25-47-44(26-30)50-38-17-6-4-14-34(38)35-23-22-33(28-42(35)50)51-32-13-10-12-31(27-32)48-29-49(40-19-8-7-18-39(40)48)41-20-11-16-37-36-15-5-9-21-43(36)52-45(37)41;/h4-26H,1-3H3;/q-2;/i5D,9D,11D,15D,16D,20D,21D;. The van der Waals surface area contributed by atoms with E-state index in [1.165, 1.54) is 0 Å². The van der Waals surface area contributed by atoms with Gasteiger partial charge in [-0.2, -0.15) is 18.2 Å². The first-order chi connectivity index (χ1) is 28.3. The maximum atomic E-state index is 9.05. The fraction of sp³-hybridized carbons (Fsp3) is 0.0870. The van der Waals surface area contributed by atoms with Crippen LogP contribution in [0.15, 0.2) is 144 Å². The van der Waals surface area contributed by atoms with Gasteiger partial charge in [-0.05, 0) is 52.3 Å². The van der Waals surface area contributed by atoms with Crippen LogP contribution in [-0.4, -0.2) is 14.1 Å². The van der Waals surface area contributed by atoms with Crippen molar-refractivity contribution in [1.82, 2.24) is 14.1 Å². The second kappa shape index (κ2) is 12.6. The summed E-state index contributed by atoms with van der Waals surface area (Å²) >= 11 is 0. The van der Waals surface area contributed by atoms with Crippen LogP contribution in [0.1, 0.15) is 35.9 Å². The van der Waals surface area contributed by atoms with Gasteiger partial charge in [0.1, 0.15) is 22.7 Å². The molecular formula is C46H32N4O2Pt-2. The van der Waals surface area contributed by atoms with Gasteiger partial charge in [0.05, 0.1) is 20.6 Å². The van der Waals surface area contributed by atoms with Gasteiger partial charge in [0, 0.05) is 55.1 Å². The van der Waals surface area contributed by atoms with Crippen LogP contribution >= 0.6 is 0 Å². The van der Waals surface area contributed by atoms with Crippen LogP contribution in [0.25, 0.3) is 72.0 Å². The van der Waals surface area contributed by atoms with Gasteiger partial charge in [-0.25, -0.2) is 4.98 Å². The largest absolute Gasteiger partial charge is 0.510 e. The molecule has 0 amide bonds. The number of hydrogen-bond acceptors (Lipinski definition) is 3. The van der Waals surface area contributed by atoms with E-state index in [2.05, 4.69) is 62.0 Å². The molecule has 7 heteroatoms. The number of nitrogens with zero attached hydrogens (tertiary/aromatic N) is 4. The minimum atomic E-state index is -0.483. The molecule has 10 rings (SSSR count). The topological polar surface area (TPSA) is 49.0 Å². The number of imidazole rings is 1. The quantitative estimate of drug-likeness (QED) is 0.128. The third-order valence-corrected chi connectivity index (χ3v) is 9.32. The van der Waals surface area contributed by atoms with Gasteiger partial charge in [0.25, 0.3) is 6.33 Å². The van der Waals surface area contributed by atoms with Crippen LogP contribution in [0, 0.1) is 18.5 Å². The van der Waals surface area contributed by atoms with Crippen molar-refractivity contribution in [2.24, 2.45) is 0 Å². The molecule has 4 heterocycles. The predicted octanol–water partition coefficient (Wildman–Crippen LogP) is 10.8. The summed E-state index contributed by atoms with van der Waals surface area (Å²) in [6, 6.07) is 33.1. The molecule has 0 fully saturated rings. The van der Waals surface area contributed by atoms with Gasteiger partial charge in [-0.1, -0.05) is 99.0 Å². The molecule has 0 saturated carbocycles. The number of fused-ring (bicyclic) bond motifs is 7. The van der Waals surface area contributed by atoms with E-state index in [0.717, 1.165) is 33.2 Å². The van der Waals surface area contributed by atoms with E-state index in [4.69, 9.17) is 23.7 Å². The maximum absolute atomic E-state index is 9.05. The minimum Gasteiger partial charge on any atom is -0.510 e. The number of para-hydroxylation sites is 5. The molecule has 6 nitrogen and oxygen atoms in total. The number of benzene rings is 6. The number of aromatic nitrogens is 4. The van der Waals surface area contributed by atoms with Crippen LogP contribution in [0.4, 0.5) is 0 Å². The molecule has 0 aliphatic heterocycles. The molecular weight excluding hydrogens is 836 g/mol. The summed E-state index contributed by atoms with van der Waals surface area (Å²) in [5, 5.41) is 2.08. The van der Waals surface area contributed by atoms with Crippen molar-refractivity contribution >= 4 is 54.8 Å². The number of furan rings is 1. The van der Waals surface area contributed by atoms with Crippen LogP contribution in [0.5, 0.6) is 11.5 Å². The van der Waals surface area contributed by atoms with Crippen molar-refractivity contribution < 1.29 is 44.4 Å². The first-order valence-corrected chi connectivity index (χ1v) is 16.8. The summed E-state index contributed by atoms with van der Waals surface area (Å²) in [7, 11) is 0. The molecule has 10 aromatic rings. The Kier molecular flexibility index (Phi) is 6.16. The average Bonchev–Trinajstić information content (AvgIpc) is 3.92. The molecule has 0 atom stereocenters. The normalized spacial score (nSPS) is 13.8. The van der Waals surface area contributed by atoms with Crippen LogP contribution in [0.3, 0.4) is 0 Å². The zero-order valence-corrected chi connectivity index (χ0v) is 30.9. The Hall–Kier alpha value is -5.97. The Balaban J connectivity index is 0.00000462. The summed E-state index contributed by atoms with van der Waals surface area (Å²) in [4.78, 5) is 4.78. The number of ether oxygens (including phenoxy) is 1. The Morgan fingerprint density at radius 2 is 1.55 bits per heavy atom. The molecule has 0 spiro atoms. The van der Waals surface area contributed by atoms with Crippen molar-refractivity contribution in [1.29, 1.82) is 0 Å². The summed E-state index contributed by atoms with van der Waals surface area (Å²) in [6.45, 7) is 6.53. The summed E-state index contributed by atoms with van der Waals surface area (Å²) in [6.07, 6.45) is 5.14. The second-order valence-corrected chi connectivity index (χ2v) is 13.6. The van der Waals surface area contributed by atoms with Crippen molar-refractivity contribution in [3.63, 3.8) is 0 Å². The van der Waals surface area contributed by atoms with E-state index in [-0.39, 0.29) is 72.2 Å². The van der Waals surface area contributed by atoms with Crippen molar-refractivity contribution in [2.75, 3.05) is 0 Å². The zero-order valence-electron chi connectivity index (χ0n) is 35.7. The van der Waals surface area contributed by atoms with Crippen molar-refractivity contribution in [2.45, 2.75) is 26.2 Å². The van der Waals surface area contributed by atoms with Gasteiger partial charge in [-0.3, -0.25) is 4.57 Å². The first kappa shape index (κ1) is 25.9. The van der Waals surface area contributed by atoms with Crippen LogP contribution < -0.4 is 9.30 Å². The smallest absolute Gasteiger partial charge is 0.268 e. The van der Waals surface area contributed by atoms with Crippen LogP contribution in [-0.2, 0) is 26.5 Å². The SMILES string of the molecule is [2H]c1c([2H])c([2H])c2c(oc3c(-[n+]4[c-]n(-c5[c-]c(Oc6[c-]c7c(cc6)c6ccccc6n7-c6cc(C(C)(C)C)ccn6)ccc5)c5ccccc54)c([2H])c([2H])c([2H])c32)c1[2H].[Pt]. The zero-order chi connectivity index (χ0) is 41.1. The first-order valence-electron chi connectivity index (χ1n) is 20.3. The van der Waals surface area contributed by atoms with Crippen molar-refractivity contribution in [3.05, 3.63) is 164 Å².